The molecule has 0 saturated carbocycles. The number of urea groups is 1. The van der Waals surface area contributed by atoms with Gasteiger partial charge in [0.15, 0.2) is 0 Å². The molecular weight excluding hydrogens is 276 g/mol. The van der Waals surface area contributed by atoms with E-state index in [1.165, 1.54) is 13.8 Å². The number of nitrogens with zero attached hydrogens (tertiary/aromatic N) is 2. The summed E-state index contributed by atoms with van der Waals surface area (Å²) in [4.78, 5) is 33.9. The fraction of sp³-hybridized carbons (Fsp3) is 0.385. The fourth-order valence-corrected chi connectivity index (χ4v) is 1.49. The monoisotopic (exact) mass is 294 g/mol. The number of nitrogens with one attached hydrogen (secondary N) is 2. The van der Waals surface area contributed by atoms with Crippen molar-refractivity contribution in [3.8, 4) is 0 Å². The molecule has 1 rings (SSSR count). The van der Waals surface area contributed by atoms with E-state index >= 15 is 0 Å². The van der Waals surface area contributed by atoms with Gasteiger partial charge in [-0.25, -0.2) is 9.59 Å². The van der Waals surface area contributed by atoms with Crippen molar-refractivity contribution in [3.05, 3.63) is 29.1 Å². The first-order valence-corrected chi connectivity index (χ1v) is 6.28. The lowest BCUT2D eigenvalue weighted by molar-refractivity contribution is -0.133. The maximum Gasteiger partial charge on any atom is 0.331 e. The van der Waals surface area contributed by atoms with Crippen molar-refractivity contribution in [1.82, 2.24) is 20.4 Å². The second kappa shape index (κ2) is 7.22. The Morgan fingerprint density at radius 3 is 2.48 bits per heavy atom. The van der Waals surface area contributed by atoms with Crippen molar-refractivity contribution in [2.75, 3.05) is 6.54 Å². The summed E-state index contributed by atoms with van der Waals surface area (Å²) >= 11 is 0. The fourth-order valence-electron chi connectivity index (χ4n) is 1.49. The van der Waals surface area contributed by atoms with E-state index in [2.05, 4.69) is 15.7 Å². The molecule has 0 aliphatic heterocycles. The number of aromatic nitrogens is 2. The van der Waals surface area contributed by atoms with Gasteiger partial charge in [-0.3, -0.25) is 14.8 Å². The second-order valence-corrected chi connectivity index (χ2v) is 4.54. The molecule has 8 heteroatoms. The zero-order chi connectivity index (χ0) is 16.0. The van der Waals surface area contributed by atoms with E-state index in [0.717, 1.165) is 5.56 Å². The molecule has 21 heavy (non-hydrogen) atoms. The van der Waals surface area contributed by atoms with Crippen LogP contribution in [-0.2, 0) is 23.1 Å². The number of rotatable bonds is 5. The Balaban J connectivity index is 2.41. The number of amides is 3. The van der Waals surface area contributed by atoms with Gasteiger partial charge in [0, 0.05) is 30.9 Å². The summed E-state index contributed by atoms with van der Waals surface area (Å²) in [5.41, 5.74) is 0.850. The quantitative estimate of drug-likeness (QED) is 0.672. The third-order valence-corrected chi connectivity index (χ3v) is 2.91. The van der Waals surface area contributed by atoms with Crippen LogP contribution in [0.2, 0.25) is 0 Å². The molecule has 0 aliphatic carbocycles. The molecule has 0 radical (unpaired) electrons. The summed E-state index contributed by atoms with van der Waals surface area (Å²) in [5, 5.41) is 17.3. The lowest BCUT2D eigenvalue weighted by Crippen LogP contribution is -2.40. The lowest BCUT2D eigenvalue weighted by Gasteiger charge is -2.07. The van der Waals surface area contributed by atoms with E-state index in [4.69, 9.17) is 5.11 Å². The first-order valence-electron chi connectivity index (χ1n) is 6.28. The van der Waals surface area contributed by atoms with Crippen LogP contribution in [0.4, 0.5) is 4.79 Å². The van der Waals surface area contributed by atoms with E-state index in [0.29, 0.717) is 13.0 Å². The van der Waals surface area contributed by atoms with Gasteiger partial charge in [0.1, 0.15) is 0 Å². The van der Waals surface area contributed by atoms with Crippen LogP contribution in [0, 0.1) is 0 Å². The smallest absolute Gasteiger partial charge is 0.331 e. The highest BCUT2D eigenvalue weighted by Gasteiger charge is 2.14. The molecule has 0 aromatic carbocycles. The summed E-state index contributed by atoms with van der Waals surface area (Å²) in [7, 11) is 1.79. The third kappa shape index (κ3) is 5.09. The molecule has 3 N–H and O–H groups in total. The van der Waals surface area contributed by atoms with E-state index < -0.39 is 17.9 Å². The van der Waals surface area contributed by atoms with Gasteiger partial charge >= 0.3 is 12.0 Å². The number of hydrogen-bond donors (Lipinski definition) is 3. The highest BCUT2D eigenvalue weighted by Crippen LogP contribution is 2.03. The van der Waals surface area contributed by atoms with Crippen molar-refractivity contribution >= 4 is 17.9 Å². The van der Waals surface area contributed by atoms with Crippen LogP contribution in [0.1, 0.15) is 19.4 Å². The summed E-state index contributed by atoms with van der Waals surface area (Å²) in [6.45, 7) is 2.99. The van der Waals surface area contributed by atoms with Gasteiger partial charge in [-0.15, -0.1) is 0 Å². The van der Waals surface area contributed by atoms with Crippen LogP contribution >= 0.6 is 0 Å². The molecule has 8 nitrogen and oxygen atoms in total. The van der Waals surface area contributed by atoms with E-state index in [1.807, 2.05) is 6.20 Å². The van der Waals surface area contributed by atoms with Gasteiger partial charge in [-0.1, -0.05) is 0 Å². The molecule has 1 aromatic heterocycles. The van der Waals surface area contributed by atoms with Crippen LogP contribution in [0.15, 0.2) is 23.5 Å². The van der Waals surface area contributed by atoms with Crippen LogP contribution in [-0.4, -0.2) is 39.3 Å². The zero-order valence-corrected chi connectivity index (χ0v) is 12.1. The predicted octanol–water partition coefficient (Wildman–Crippen LogP) is 0.209. The Morgan fingerprint density at radius 1 is 1.29 bits per heavy atom. The summed E-state index contributed by atoms with van der Waals surface area (Å²) in [5.74, 6) is -1.92. The molecule has 0 saturated heterocycles. The van der Waals surface area contributed by atoms with Gasteiger partial charge in [0.05, 0.1) is 6.20 Å². The highest BCUT2D eigenvalue weighted by atomic mass is 16.4. The van der Waals surface area contributed by atoms with Gasteiger partial charge < -0.3 is 10.4 Å². The summed E-state index contributed by atoms with van der Waals surface area (Å²) < 4.78 is 1.65. The van der Waals surface area contributed by atoms with E-state index in [-0.39, 0.29) is 11.1 Å². The second-order valence-electron chi connectivity index (χ2n) is 4.54. The van der Waals surface area contributed by atoms with Crippen LogP contribution in [0.3, 0.4) is 0 Å². The van der Waals surface area contributed by atoms with Gasteiger partial charge in [-0.05, 0) is 25.8 Å². The van der Waals surface area contributed by atoms with Crippen molar-refractivity contribution < 1.29 is 19.5 Å². The molecule has 0 unspecified atom stereocenters. The van der Waals surface area contributed by atoms with Crippen molar-refractivity contribution in [2.24, 2.45) is 7.05 Å². The summed E-state index contributed by atoms with van der Waals surface area (Å²) in [6, 6.07) is -0.665. The summed E-state index contributed by atoms with van der Waals surface area (Å²) in [6.07, 6.45) is 4.10. The number of carbonyl (C=O) groups is 3. The van der Waals surface area contributed by atoms with E-state index in [9.17, 15) is 14.4 Å². The predicted molar refractivity (Wildman–Crippen MR) is 74.5 cm³/mol. The number of aliphatic carboxylic acids is 1. The van der Waals surface area contributed by atoms with Crippen molar-refractivity contribution in [3.63, 3.8) is 0 Å². The maximum atomic E-state index is 11.6. The van der Waals surface area contributed by atoms with Crippen LogP contribution in [0.5, 0.6) is 0 Å². The molecule has 0 aliphatic rings. The number of imide groups is 1. The first kappa shape index (κ1) is 16.4. The van der Waals surface area contributed by atoms with Gasteiger partial charge in [-0.2, -0.15) is 5.10 Å². The third-order valence-electron chi connectivity index (χ3n) is 2.91. The average Bonchev–Trinajstić information content (AvgIpc) is 2.82. The topological polar surface area (TPSA) is 113 Å². The lowest BCUT2D eigenvalue weighted by atomic mass is 10.1. The highest BCUT2D eigenvalue weighted by molar-refractivity contribution is 6.07. The molecule has 0 spiro atoms. The number of carboxylic acid groups (broad SMARTS) is 1. The largest absolute Gasteiger partial charge is 0.478 e. The Hall–Kier alpha value is -2.64. The van der Waals surface area contributed by atoms with Crippen molar-refractivity contribution in [1.29, 1.82) is 0 Å². The minimum atomic E-state index is -1.19. The van der Waals surface area contributed by atoms with Gasteiger partial charge in [0.25, 0.3) is 5.91 Å². The SMILES string of the molecule is CC(C(=O)O)=C(C)C(=O)NC(=O)NCCc1cnn(C)c1. The molecule has 0 atom stereocenters. The van der Waals surface area contributed by atoms with Crippen molar-refractivity contribution in [2.45, 2.75) is 20.3 Å². The molecule has 114 valence electrons. The zero-order valence-electron chi connectivity index (χ0n) is 12.1. The average molecular weight is 294 g/mol. The number of carboxylic acids is 1. The number of aryl methyl sites for hydroxylation is 1. The molecular formula is C13H18N4O4. The standard InChI is InChI=1S/C13H18N4O4/c1-8(9(2)12(19)20)11(18)16-13(21)14-5-4-10-6-15-17(3)7-10/h6-7H,4-5H2,1-3H3,(H,19,20)(H2,14,16,18,21). The molecule has 1 heterocycles. The minimum absolute atomic E-state index is 0.00934. The molecule has 3 amide bonds. The molecule has 0 fully saturated rings. The first-order chi connectivity index (χ1) is 9.81. The molecule has 1 aromatic rings. The Bertz CT molecular complexity index is 589. The van der Waals surface area contributed by atoms with E-state index in [1.54, 1.807) is 17.9 Å². The van der Waals surface area contributed by atoms with Gasteiger partial charge in [0.2, 0.25) is 0 Å². The molecule has 0 bridgehead atoms. The Morgan fingerprint density at radius 2 is 1.95 bits per heavy atom. The van der Waals surface area contributed by atoms with Crippen LogP contribution < -0.4 is 10.6 Å². The Kier molecular flexibility index (Phi) is 5.65. The maximum absolute atomic E-state index is 11.6. The normalized spacial score (nSPS) is 11.6. The Labute approximate surface area is 121 Å². The van der Waals surface area contributed by atoms with Crippen LogP contribution in [0.25, 0.3) is 0 Å². The minimum Gasteiger partial charge on any atom is -0.478 e. The number of hydrogen-bond acceptors (Lipinski definition) is 4. The number of carbonyl (C=O) groups excluding carboxylic acids is 2.